The van der Waals surface area contributed by atoms with Crippen LogP contribution in [0.2, 0.25) is 10.0 Å². The second-order valence-corrected chi connectivity index (χ2v) is 5.76. The first-order chi connectivity index (χ1) is 10.2. The monoisotopic (exact) mass is 346 g/mol. The summed E-state index contributed by atoms with van der Waals surface area (Å²) in [5.41, 5.74) is 5.40. The number of urea groups is 1. The van der Waals surface area contributed by atoms with Crippen LogP contribution in [0, 0.1) is 5.92 Å². The second-order valence-electron chi connectivity index (χ2n) is 4.92. The largest absolute Gasteiger partial charge is 0.452 e. The summed E-state index contributed by atoms with van der Waals surface area (Å²) in [6.07, 6.45) is -1.24. The van der Waals surface area contributed by atoms with E-state index in [4.69, 9.17) is 33.7 Å². The van der Waals surface area contributed by atoms with Gasteiger partial charge in [0.25, 0.3) is 5.91 Å². The molecule has 1 rings (SSSR count). The number of amides is 3. The van der Waals surface area contributed by atoms with E-state index in [2.05, 4.69) is 0 Å². The smallest absolute Gasteiger partial charge is 0.318 e. The van der Waals surface area contributed by atoms with Crippen LogP contribution in [0.15, 0.2) is 18.2 Å². The fraction of sp³-hybridized carbons (Fsp3) is 0.357. The molecule has 22 heavy (non-hydrogen) atoms. The number of benzene rings is 1. The van der Waals surface area contributed by atoms with Crippen LogP contribution in [0.3, 0.4) is 0 Å². The van der Waals surface area contributed by atoms with E-state index in [1.807, 2.05) is 5.32 Å². The van der Waals surface area contributed by atoms with Crippen LogP contribution in [0.1, 0.15) is 19.4 Å². The summed E-state index contributed by atoms with van der Waals surface area (Å²) < 4.78 is 5.11. The molecule has 1 aromatic rings. The number of nitrogens with one attached hydrogen (secondary N) is 1. The lowest BCUT2D eigenvalue weighted by molar-refractivity contribution is -0.157. The van der Waals surface area contributed by atoms with E-state index in [-0.39, 0.29) is 12.3 Å². The van der Waals surface area contributed by atoms with Gasteiger partial charge in [-0.25, -0.2) is 4.79 Å². The third-order valence-corrected chi connectivity index (χ3v) is 3.31. The maximum absolute atomic E-state index is 11.9. The van der Waals surface area contributed by atoms with Gasteiger partial charge in [0.1, 0.15) is 0 Å². The second kappa shape index (κ2) is 8.00. The van der Waals surface area contributed by atoms with Gasteiger partial charge in [-0.1, -0.05) is 43.1 Å². The highest BCUT2D eigenvalue weighted by molar-refractivity contribution is 6.35. The van der Waals surface area contributed by atoms with Gasteiger partial charge < -0.3 is 10.5 Å². The Hall–Kier alpha value is -1.79. The number of rotatable bonds is 5. The van der Waals surface area contributed by atoms with Crippen molar-refractivity contribution in [1.82, 2.24) is 5.32 Å². The van der Waals surface area contributed by atoms with Crippen molar-refractivity contribution >= 4 is 41.1 Å². The Morgan fingerprint density at radius 3 is 2.41 bits per heavy atom. The summed E-state index contributed by atoms with van der Waals surface area (Å²) in [5.74, 6) is -1.75. The maximum atomic E-state index is 11.9. The minimum Gasteiger partial charge on any atom is -0.452 e. The number of hydrogen-bond donors (Lipinski definition) is 2. The van der Waals surface area contributed by atoms with Gasteiger partial charge in [0.05, 0.1) is 6.42 Å². The first-order valence-electron chi connectivity index (χ1n) is 6.44. The molecule has 1 atom stereocenters. The van der Waals surface area contributed by atoms with Crippen molar-refractivity contribution in [3.8, 4) is 0 Å². The summed E-state index contributed by atoms with van der Waals surface area (Å²) in [5, 5.41) is 2.66. The van der Waals surface area contributed by atoms with Crippen LogP contribution >= 0.6 is 23.2 Å². The molecule has 0 aromatic heterocycles. The predicted octanol–water partition coefficient (Wildman–Crippen LogP) is 2.30. The van der Waals surface area contributed by atoms with Crippen molar-refractivity contribution in [1.29, 1.82) is 0 Å². The summed E-state index contributed by atoms with van der Waals surface area (Å²) in [4.78, 5) is 34.4. The summed E-state index contributed by atoms with van der Waals surface area (Å²) in [6.45, 7) is 3.35. The van der Waals surface area contributed by atoms with Crippen LogP contribution in [-0.2, 0) is 20.7 Å². The average molecular weight is 347 g/mol. The molecule has 120 valence electrons. The molecule has 0 aliphatic rings. The average Bonchev–Trinajstić information content (AvgIpc) is 2.38. The molecule has 0 aliphatic heterocycles. The number of primary amides is 1. The zero-order valence-electron chi connectivity index (χ0n) is 12.1. The van der Waals surface area contributed by atoms with Crippen LogP contribution < -0.4 is 11.1 Å². The number of ether oxygens (including phenoxy) is 1. The molecule has 0 unspecified atom stereocenters. The maximum Gasteiger partial charge on any atom is 0.318 e. The zero-order valence-corrected chi connectivity index (χ0v) is 13.6. The van der Waals surface area contributed by atoms with Crippen molar-refractivity contribution in [3.63, 3.8) is 0 Å². The van der Waals surface area contributed by atoms with E-state index in [0.717, 1.165) is 0 Å². The Balaban J connectivity index is 2.75. The molecule has 3 amide bonds. The highest BCUT2D eigenvalue weighted by atomic mass is 35.5. The Kier molecular flexibility index (Phi) is 6.64. The van der Waals surface area contributed by atoms with Gasteiger partial charge in [0.2, 0.25) is 0 Å². The molecule has 1 aromatic carbocycles. The van der Waals surface area contributed by atoms with Crippen LogP contribution in [0.5, 0.6) is 0 Å². The van der Waals surface area contributed by atoms with Gasteiger partial charge in [0, 0.05) is 10.0 Å². The Labute approximate surface area is 137 Å². The molecule has 0 saturated carbocycles. The number of esters is 1. The molecule has 0 saturated heterocycles. The van der Waals surface area contributed by atoms with Gasteiger partial charge in [-0.3, -0.25) is 14.9 Å². The number of halogens is 2. The number of imide groups is 1. The molecule has 0 fully saturated rings. The van der Waals surface area contributed by atoms with E-state index in [0.29, 0.717) is 15.6 Å². The van der Waals surface area contributed by atoms with Gasteiger partial charge in [-0.05, 0) is 23.6 Å². The van der Waals surface area contributed by atoms with E-state index in [9.17, 15) is 14.4 Å². The summed E-state index contributed by atoms with van der Waals surface area (Å²) >= 11 is 11.7. The number of hydrogen-bond acceptors (Lipinski definition) is 4. The van der Waals surface area contributed by atoms with Crippen LogP contribution in [0.25, 0.3) is 0 Å². The number of nitrogens with two attached hydrogens (primary N) is 1. The molecular weight excluding hydrogens is 331 g/mol. The summed E-state index contributed by atoms with van der Waals surface area (Å²) in [6, 6.07) is 3.69. The van der Waals surface area contributed by atoms with Crippen molar-refractivity contribution < 1.29 is 19.1 Å². The molecular formula is C14H16Cl2N2O4. The Bertz CT molecular complexity index is 590. The van der Waals surface area contributed by atoms with Crippen LogP contribution in [0.4, 0.5) is 4.79 Å². The Morgan fingerprint density at radius 1 is 1.27 bits per heavy atom. The summed E-state index contributed by atoms with van der Waals surface area (Å²) in [7, 11) is 0. The standard InChI is InChI=1S/C14H16Cl2N2O4/c1-7(2)12(13(20)18-14(17)21)22-11(19)5-8-3-4-9(15)6-10(8)16/h3-4,6-7,12H,5H2,1-2H3,(H3,17,18,20,21)/t12-/m0/s1. The van der Waals surface area contributed by atoms with Gasteiger partial charge >= 0.3 is 12.0 Å². The van der Waals surface area contributed by atoms with E-state index in [1.165, 1.54) is 6.07 Å². The fourth-order valence-corrected chi connectivity index (χ4v) is 2.16. The van der Waals surface area contributed by atoms with Crippen molar-refractivity contribution in [2.24, 2.45) is 11.7 Å². The van der Waals surface area contributed by atoms with E-state index < -0.39 is 24.0 Å². The molecule has 0 radical (unpaired) electrons. The topological polar surface area (TPSA) is 98.5 Å². The van der Waals surface area contributed by atoms with E-state index in [1.54, 1.807) is 26.0 Å². The molecule has 0 bridgehead atoms. The van der Waals surface area contributed by atoms with Crippen molar-refractivity contribution in [2.75, 3.05) is 0 Å². The number of carbonyl (C=O) groups is 3. The van der Waals surface area contributed by atoms with E-state index >= 15 is 0 Å². The Morgan fingerprint density at radius 2 is 1.91 bits per heavy atom. The zero-order chi connectivity index (χ0) is 16.9. The highest BCUT2D eigenvalue weighted by Crippen LogP contribution is 2.22. The third-order valence-electron chi connectivity index (χ3n) is 2.72. The quantitative estimate of drug-likeness (QED) is 0.799. The molecule has 0 heterocycles. The normalized spacial score (nSPS) is 11.9. The highest BCUT2D eigenvalue weighted by Gasteiger charge is 2.27. The first-order valence-corrected chi connectivity index (χ1v) is 7.20. The van der Waals surface area contributed by atoms with Crippen molar-refractivity contribution in [2.45, 2.75) is 26.4 Å². The van der Waals surface area contributed by atoms with Gasteiger partial charge in [0.15, 0.2) is 6.10 Å². The third kappa shape index (κ3) is 5.54. The first kappa shape index (κ1) is 18.3. The predicted molar refractivity (Wildman–Crippen MR) is 82.6 cm³/mol. The fourth-order valence-electron chi connectivity index (χ4n) is 1.69. The molecule has 3 N–H and O–H groups in total. The SMILES string of the molecule is CC(C)[C@H](OC(=O)Cc1ccc(Cl)cc1Cl)C(=O)NC(N)=O. The molecule has 6 nitrogen and oxygen atoms in total. The van der Waals surface area contributed by atoms with Gasteiger partial charge in [-0.2, -0.15) is 0 Å². The lowest BCUT2D eigenvalue weighted by Crippen LogP contribution is -2.45. The minimum atomic E-state index is -1.12. The van der Waals surface area contributed by atoms with Crippen LogP contribution in [-0.4, -0.2) is 24.0 Å². The molecule has 0 spiro atoms. The molecule has 0 aliphatic carbocycles. The van der Waals surface area contributed by atoms with Gasteiger partial charge in [-0.15, -0.1) is 0 Å². The lowest BCUT2D eigenvalue weighted by atomic mass is 10.1. The van der Waals surface area contributed by atoms with Crippen molar-refractivity contribution in [3.05, 3.63) is 33.8 Å². The number of carbonyl (C=O) groups excluding carboxylic acids is 3. The lowest BCUT2D eigenvalue weighted by Gasteiger charge is -2.20. The minimum absolute atomic E-state index is 0.122. The molecule has 8 heteroatoms.